The minimum Gasteiger partial charge on any atom is -0.368 e. The zero-order chi connectivity index (χ0) is 19.0. The first-order valence-corrected chi connectivity index (χ1v) is 9.51. The third kappa shape index (κ3) is 3.62. The fraction of sp³-hybridized carbons (Fsp3) is 0.350. The van der Waals surface area contributed by atoms with Crippen LogP contribution in [-0.4, -0.2) is 45.9 Å². The molecule has 0 N–H and O–H groups in total. The normalized spacial score (nSPS) is 14.7. The molecule has 1 aliphatic rings. The number of aromatic nitrogens is 4. The second-order valence-electron chi connectivity index (χ2n) is 6.98. The fourth-order valence-corrected chi connectivity index (χ4v) is 3.75. The summed E-state index contributed by atoms with van der Waals surface area (Å²) in [4.78, 5) is 13.6. The van der Waals surface area contributed by atoms with Crippen molar-refractivity contribution in [2.45, 2.75) is 20.8 Å². The minimum absolute atomic E-state index is 0.781. The summed E-state index contributed by atoms with van der Waals surface area (Å²) in [5.41, 5.74) is 4.52. The Hall–Kier alpha value is -2.60. The maximum Gasteiger partial charge on any atom is 0.159 e. The van der Waals surface area contributed by atoms with Crippen LogP contribution in [0.2, 0.25) is 5.02 Å². The average molecular weight is 383 g/mol. The Bertz CT molecular complexity index is 959. The van der Waals surface area contributed by atoms with Gasteiger partial charge in [-0.1, -0.05) is 17.7 Å². The molecule has 1 saturated heterocycles. The smallest absolute Gasteiger partial charge is 0.159 e. The molecule has 0 aliphatic carbocycles. The molecule has 0 unspecified atom stereocenters. The molecule has 27 heavy (non-hydrogen) atoms. The monoisotopic (exact) mass is 382 g/mol. The van der Waals surface area contributed by atoms with Crippen molar-refractivity contribution in [1.29, 1.82) is 0 Å². The zero-order valence-corrected chi connectivity index (χ0v) is 16.6. The highest BCUT2D eigenvalue weighted by Crippen LogP contribution is 2.26. The second-order valence-corrected chi connectivity index (χ2v) is 7.41. The summed E-state index contributed by atoms with van der Waals surface area (Å²) in [5, 5.41) is 5.30. The van der Waals surface area contributed by atoms with Crippen molar-refractivity contribution in [2.24, 2.45) is 0 Å². The summed E-state index contributed by atoms with van der Waals surface area (Å²) in [6.07, 6.45) is 1.62. The van der Waals surface area contributed by atoms with E-state index in [2.05, 4.69) is 43.9 Å². The highest BCUT2D eigenvalue weighted by molar-refractivity contribution is 6.30. The first-order chi connectivity index (χ1) is 13.0. The third-order valence-corrected chi connectivity index (χ3v) is 5.22. The van der Waals surface area contributed by atoms with E-state index >= 15 is 0 Å². The number of benzene rings is 1. The Morgan fingerprint density at radius 3 is 2.26 bits per heavy atom. The Balaban J connectivity index is 1.51. The van der Waals surface area contributed by atoms with E-state index in [-0.39, 0.29) is 0 Å². The number of piperazine rings is 1. The Morgan fingerprint density at radius 2 is 1.56 bits per heavy atom. The van der Waals surface area contributed by atoms with Crippen molar-refractivity contribution in [1.82, 2.24) is 19.7 Å². The van der Waals surface area contributed by atoms with E-state index in [1.165, 1.54) is 11.3 Å². The highest BCUT2D eigenvalue weighted by Gasteiger charge is 2.20. The largest absolute Gasteiger partial charge is 0.368 e. The van der Waals surface area contributed by atoms with Crippen LogP contribution in [0.3, 0.4) is 0 Å². The molecule has 6 nitrogen and oxygen atoms in total. The van der Waals surface area contributed by atoms with E-state index < -0.39 is 0 Å². The predicted octanol–water partition coefficient (Wildman–Crippen LogP) is 3.57. The Kier molecular flexibility index (Phi) is 4.74. The molecule has 0 spiro atoms. The van der Waals surface area contributed by atoms with Crippen LogP contribution in [0.15, 0.2) is 36.7 Å². The van der Waals surface area contributed by atoms with Crippen LogP contribution < -0.4 is 9.80 Å². The van der Waals surface area contributed by atoms with Gasteiger partial charge in [-0.05, 0) is 44.5 Å². The van der Waals surface area contributed by atoms with Crippen molar-refractivity contribution in [3.63, 3.8) is 0 Å². The topological polar surface area (TPSA) is 50.1 Å². The highest BCUT2D eigenvalue weighted by atomic mass is 35.5. The summed E-state index contributed by atoms with van der Waals surface area (Å²) < 4.78 is 1.87. The summed E-state index contributed by atoms with van der Waals surface area (Å²) in [5.74, 6) is 1.74. The van der Waals surface area contributed by atoms with Gasteiger partial charge in [0.15, 0.2) is 5.82 Å². The van der Waals surface area contributed by atoms with Crippen LogP contribution >= 0.6 is 11.6 Å². The van der Waals surface area contributed by atoms with Crippen LogP contribution in [0.1, 0.15) is 17.0 Å². The molecule has 1 fully saturated rings. The number of anilines is 2. The van der Waals surface area contributed by atoms with Gasteiger partial charge in [0.1, 0.15) is 12.1 Å². The molecule has 1 aromatic carbocycles. The molecule has 0 amide bonds. The van der Waals surface area contributed by atoms with Gasteiger partial charge in [-0.25, -0.2) is 14.6 Å². The number of halogens is 1. The van der Waals surface area contributed by atoms with Gasteiger partial charge in [0.05, 0.1) is 5.69 Å². The van der Waals surface area contributed by atoms with Gasteiger partial charge in [-0.15, -0.1) is 0 Å². The van der Waals surface area contributed by atoms with Crippen LogP contribution in [-0.2, 0) is 0 Å². The molecule has 140 valence electrons. The minimum atomic E-state index is 0.781. The van der Waals surface area contributed by atoms with E-state index in [1.807, 2.05) is 36.7 Å². The van der Waals surface area contributed by atoms with Gasteiger partial charge in [-0.3, -0.25) is 0 Å². The van der Waals surface area contributed by atoms with Gasteiger partial charge in [-0.2, -0.15) is 5.10 Å². The predicted molar refractivity (Wildman–Crippen MR) is 109 cm³/mol. The molecule has 0 saturated carbocycles. The van der Waals surface area contributed by atoms with E-state index in [0.717, 1.165) is 54.2 Å². The molecule has 3 aromatic rings. The number of hydrogen-bond donors (Lipinski definition) is 0. The molecular formula is C20H23ClN6. The van der Waals surface area contributed by atoms with Crippen molar-refractivity contribution in [3.8, 4) is 5.82 Å². The summed E-state index contributed by atoms with van der Waals surface area (Å²) in [6, 6.07) is 10.1. The van der Waals surface area contributed by atoms with E-state index in [4.69, 9.17) is 11.6 Å². The van der Waals surface area contributed by atoms with Crippen molar-refractivity contribution < 1.29 is 0 Å². The molecule has 7 heteroatoms. The average Bonchev–Trinajstić information content (AvgIpc) is 3.02. The summed E-state index contributed by atoms with van der Waals surface area (Å²) in [7, 11) is 0. The van der Waals surface area contributed by atoms with Crippen LogP contribution in [0.4, 0.5) is 11.5 Å². The molecule has 0 atom stereocenters. The lowest BCUT2D eigenvalue weighted by Crippen LogP contribution is -2.47. The molecular weight excluding hydrogens is 360 g/mol. The van der Waals surface area contributed by atoms with E-state index in [0.29, 0.717) is 0 Å². The van der Waals surface area contributed by atoms with Gasteiger partial charge in [0.25, 0.3) is 0 Å². The quantitative estimate of drug-likeness (QED) is 0.693. The first kappa shape index (κ1) is 17.8. The Labute approximate surface area is 164 Å². The van der Waals surface area contributed by atoms with Crippen molar-refractivity contribution in [3.05, 3.63) is 58.6 Å². The second kappa shape index (κ2) is 7.19. The summed E-state index contributed by atoms with van der Waals surface area (Å²) in [6.45, 7) is 9.82. The Morgan fingerprint density at radius 1 is 0.852 bits per heavy atom. The first-order valence-electron chi connectivity index (χ1n) is 9.13. The van der Waals surface area contributed by atoms with Crippen LogP contribution in [0.25, 0.3) is 5.82 Å². The van der Waals surface area contributed by atoms with Crippen molar-refractivity contribution in [2.75, 3.05) is 36.0 Å². The van der Waals surface area contributed by atoms with E-state index in [1.54, 1.807) is 6.33 Å². The van der Waals surface area contributed by atoms with Crippen LogP contribution in [0, 0.1) is 20.8 Å². The zero-order valence-electron chi connectivity index (χ0n) is 15.9. The number of hydrogen-bond acceptors (Lipinski definition) is 5. The standard InChI is InChI=1S/C20H23ClN6/c1-14-4-5-17(21)11-18(14)25-6-8-26(9-7-25)19-12-20(23-13-22-19)27-16(3)10-15(2)24-27/h4-5,10-13H,6-9H2,1-3H3. The van der Waals surface area contributed by atoms with Crippen molar-refractivity contribution >= 4 is 23.1 Å². The van der Waals surface area contributed by atoms with E-state index in [9.17, 15) is 0 Å². The fourth-order valence-electron chi connectivity index (χ4n) is 3.59. The molecule has 3 heterocycles. The third-order valence-electron chi connectivity index (χ3n) is 4.98. The van der Waals surface area contributed by atoms with Gasteiger partial charge in [0, 0.05) is 48.6 Å². The number of rotatable bonds is 3. The molecule has 0 bridgehead atoms. The lowest BCUT2D eigenvalue weighted by molar-refractivity contribution is 0.644. The number of aryl methyl sites for hydroxylation is 3. The van der Waals surface area contributed by atoms with Crippen LogP contribution in [0.5, 0.6) is 0 Å². The summed E-state index contributed by atoms with van der Waals surface area (Å²) >= 11 is 6.19. The lowest BCUT2D eigenvalue weighted by atomic mass is 10.1. The molecule has 4 rings (SSSR count). The lowest BCUT2D eigenvalue weighted by Gasteiger charge is -2.37. The number of nitrogens with zero attached hydrogens (tertiary/aromatic N) is 6. The maximum absolute atomic E-state index is 6.19. The van der Waals surface area contributed by atoms with Gasteiger partial charge >= 0.3 is 0 Å². The molecule has 1 aliphatic heterocycles. The van der Waals surface area contributed by atoms with Gasteiger partial charge in [0.2, 0.25) is 0 Å². The SMILES string of the molecule is Cc1cc(C)n(-c2cc(N3CCN(c4cc(Cl)ccc4C)CC3)ncn2)n1. The molecule has 0 radical (unpaired) electrons. The van der Waals surface area contributed by atoms with Gasteiger partial charge < -0.3 is 9.80 Å². The maximum atomic E-state index is 6.19. The molecule has 2 aromatic heterocycles.